The van der Waals surface area contributed by atoms with Crippen LogP contribution in [0.15, 0.2) is 97.1 Å². The molecule has 0 saturated heterocycles. The summed E-state index contributed by atoms with van der Waals surface area (Å²) in [5.41, 5.74) is 0. The molecule has 0 aliphatic heterocycles. The van der Waals surface area contributed by atoms with Gasteiger partial charge in [-0.1, -0.05) is 27.7 Å². The van der Waals surface area contributed by atoms with Crippen molar-refractivity contribution in [3.8, 4) is 23.0 Å². The third kappa shape index (κ3) is 22.0. The summed E-state index contributed by atoms with van der Waals surface area (Å²) in [5, 5.41) is -12.6. The molecule has 0 aliphatic rings. The molecule has 76 heavy (non-hydrogen) atoms. The van der Waals surface area contributed by atoms with Crippen LogP contribution in [0.25, 0.3) is 0 Å². The summed E-state index contributed by atoms with van der Waals surface area (Å²) in [6.07, 6.45) is 25.1. The SMILES string of the molecule is CCCCCCCCOc1ccc(I(OS(=O)(=O)C(F)(F)C(F)(F)S(=O)(=O)OI(c2ccc(OCCCCCCCC)cc2)c2ccc(OCCCCCCCC)cc2)c2ccc(OCCCCCCCC)cc2)cc1. The van der Waals surface area contributed by atoms with E-state index < -0.39 is 71.2 Å². The Hall–Kier alpha value is -2.92. The number of halogens is 6. The van der Waals surface area contributed by atoms with E-state index in [1.165, 1.54) is 97.1 Å². The number of rotatable bonds is 43. The van der Waals surface area contributed by atoms with Gasteiger partial charge in [0.05, 0.1) is 0 Å². The molecular weight excluding hydrogens is 1250 g/mol. The molecule has 0 N–H and O–H groups in total. The summed E-state index contributed by atoms with van der Waals surface area (Å²) in [5.74, 6) is 1.72. The second-order valence-electron chi connectivity index (χ2n) is 18.8. The number of benzene rings is 4. The van der Waals surface area contributed by atoms with Crippen molar-refractivity contribution >= 4 is 60.7 Å². The first-order valence-electron chi connectivity index (χ1n) is 27.6. The molecule has 0 aromatic heterocycles. The zero-order valence-corrected chi connectivity index (χ0v) is 51.2. The number of hydrogen-bond donors (Lipinski definition) is 0. The molecule has 0 fully saturated rings. The summed E-state index contributed by atoms with van der Waals surface area (Å²) in [6, 6.07) is 23.8. The van der Waals surface area contributed by atoms with Crippen LogP contribution in [0.2, 0.25) is 0 Å². The van der Waals surface area contributed by atoms with E-state index in [4.69, 9.17) is 24.0 Å². The fourth-order valence-electron chi connectivity index (χ4n) is 7.80. The van der Waals surface area contributed by atoms with Crippen molar-refractivity contribution in [2.75, 3.05) is 26.4 Å². The molecule has 0 radical (unpaired) electrons. The van der Waals surface area contributed by atoms with Crippen molar-refractivity contribution in [3.05, 3.63) is 111 Å². The van der Waals surface area contributed by atoms with E-state index in [1.807, 2.05) is 0 Å². The molecule has 430 valence electrons. The fourth-order valence-corrected chi connectivity index (χ4v) is 22.0. The van der Waals surface area contributed by atoms with Crippen molar-refractivity contribution in [2.45, 2.75) is 192 Å². The summed E-state index contributed by atoms with van der Waals surface area (Å²) in [7, 11) is -13.5. The third-order valence-corrected chi connectivity index (χ3v) is 27.3. The Morgan fingerprint density at radius 1 is 0.316 bits per heavy atom. The maximum absolute atomic E-state index is 16.4. The summed E-state index contributed by atoms with van der Waals surface area (Å²) in [4.78, 5) is 0. The number of alkyl halides is 4. The molecule has 0 heterocycles. The van der Waals surface area contributed by atoms with Gasteiger partial charge in [0.1, 0.15) is 0 Å². The average Bonchev–Trinajstić information content (AvgIpc) is 3.43. The van der Waals surface area contributed by atoms with Crippen LogP contribution in [0.1, 0.15) is 182 Å². The van der Waals surface area contributed by atoms with Gasteiger partial charge >= 0.3 is 444 Å². The topological polar surface area (TPSA) is 124 Å². The standard InChI is InChI=1S/C58H84F4I2O10S2/c1-5-9-13-17-21-25-45-69-53-37-29-49(30-38-53)63(50-31-39-54(40-32-50)70-46-26-22-18-14-10-6-2)73-75(65,66)57(59,60)58(61,62)76(67,68)74-64(51-33-41-55(42-34-51)71-47-27-23-19-15-11-7-3)52-35-43-56(44-36-52)72-48-28-24-20-16-12-8-4/h29-44H,5-28,45-48H2,1-4H3. The van der Waals surface area contributed by atoms with E-state index in [0.29, 0.717) is 49.4 Å². The van der Waals surface area contributed by atoms with Gasteiger partial charge in [-0.15, -0.1) is 0 Å². The Kier molecular flexibility index (Phi) is 30.8. The molecule has 4 rings (SSSR count). The third-order valence-electron chi connectivity index (χ3n) is 12.4. The van der Waals surface area contributed by atoms with Gasteiger partial charge in [-0.05, 0) is 0 Å². The van der Waals surface area contributed by atoms with Gasteiger partial charge in [0.2, 0.25) is 0 Å². The normalized spacial score (nSPS) is 12.6. The summed E-state index contributed by atoms with van der Waals surface area (Å²) in [6.45, 7) is 10.2. The van der Waals surface area contributed by atoms with Gasteiger partial charge in [-0.3, -0.25) is 0 Å². The molecule has 0 amide bonds. The van der Waals surface area contributed by atoms with Gasteiger partial charge < -0.3 is 0 Å². The first-order chi connectivity index (χ1) is 36.6. The van der Waals surface area contributed by atoms with Crippen LogP contribution < -0.4 is 18.9 Å². The number of unbranched alkanes of at least 4 members (excludes halogenated alkanes) is 20. The Morgan fingerprint density at radius 2 is 0.500 bits per heavy atom. The molecule has 0 atom stereocenters. The predicted molar refractivity (Wildman–Crippen MR) is 314 cm³/mol. The van der Waals surface area contributed by atoms with Crippen LogP contribution in [0.5, 0.6) is 23.0 Å². The van der Waals surface area contributed by atoms with Crippen molar-refractivity contribution in [1.29, 1.82) is 0 Å². The maximum atomic E-state index is 16.4. The van der Waals surface area contributed by atoms with Gasteiger partial charge in [0.25, 0.3) is 0 Å². The minimum absolute atomic E-state index is 0.144. The number of hydrogen-bond acceptors (Lipinski definition) is 10. The summed E-state index contributed by atoms with van der Waals surface area (Å²) < 4.78 is 156. The Balaban J connectivity index is 1.60. The predicted octanol–water partition coefficient (Wildman–Crippen LogP) is 18.1. The van der Waals surface area contributed by atoms with Crippen molar-refractivity contribution < 1.29 is 58.4 Å². The van der Waals surface area contributed by atoms with Crippen LogP contribution in [0, 0.1) is 14.3 Å². The van der Waals surface area contributed by atoms with E-state index in [0.717, 1.165) is 154 Å². The molecule has 0 saturated carbocycles. The first kappa shape index (κ1) is 65.6. The van der Waals surface area contributed by atoms with Gasteiger partial charge in [0, 0.05) is 0 Å². The van der Waals surface area contributed by atoms with Gasteiger partial charge in [-0.25, -0.2) is 0 Å². The molecule has 0 aliphatic carbocycles. The van der Waals surface area contributed by atoms with E-state index in [-0.39, 0.29) is 14.3 Å². The van der Waals surface area contributed by atoms with E-state index >= 15 is 17.6 Å². The van der Waals surface area contributed by atoms with Crippen LogP contribution in [0.4, 0.5) is 17.6 Å². The first-order valence-corrected chi connectivity index (χ1v) is 36.5. The van der Waals surface area contributed by atoms with Crippen LogP contribution in [0.3, 0.4) is 0 Å². The molecule has 4 aromatic carbocycles. The van der Waals surface area contributed by atoms with E-state index in [1.54, 1.807) is 0 Å². The molecule has 0 bridgehead atoms. The van der Waals surface area contributed by atoms with Gasteiger partial charge in [-0.2, -0.15) is 0 Å². The molecule has 10 nitrogen and oxygen atoms in total. The van der Waals surface area contributed by atoms with Crippen LogP contribution in [-0.2, 0) is 25.3 Å². The monoisotopic (exact) mass is 1330 g/mol. The molecule has 0 spiro atoms. The fraction of sp³-hybridized carbons (Fsp3) is 0.586. The number of ether oxygens (including phenoxy) is 4. The summed E-state index contributed by atoms with van der Waals surface area (Å²) >= 11 is -8.25. The van der Waals surface area contributed by atoms with Crippen molar-refractivity contribution in [3.63, 3.8) is 0 Å². The Labute approximate surface area is 468 Å². The van der Waals surface area contributed by atoms with Crippen molar-refractivity contribution in [2.24, 2.45) is 0 Å². The second kappa shape index (κ2) is 35.6. The zero-order chi connectivity index (χ0) is 55.1. The Morgan fingerprint density at radius 3 is 0.697 bits per heavy atom. The molecule has 18 heteroatoms. The van der Waals surface area contributed by atoms with Crippen molar-refractivity contribution in [1.82, 2.24) is 0 Å². The van der Waals surface area contributed by atoms with E-state index in [2.05, 4.69) is 27.7 Å². The van der Waals surface area contributed by atoms with E-state index in [9.17, 15) is 16.8 Å². The van der Waals surface area contributed by atoms with Crippen LogP contribution in [-0.4, -0.2) is 53.8 Å². The van der Waals surface area contributed by atoms with Gasteiger partial charge in [0.15, 0.2) is 0 Å². The second-order valence-corrected chi connectivity index (χ2v) is 31.9. The van der Waals surface area contributed by atoms with Crippen LogP contribution >= 0.6 is 40.5 Å². The minimum atomic E-state index is -6.73. The molecule has 0 unspecified atom stereocenters. The quantitative estimate of drug-likeness (QED) is 0.0240. The Bertz CT molecular complexity index is 2110. The average molecular weight is 1340 g/mol. The zero-order valence-electron chi connectivity index (χ0n) is 45.2. The molecule has 4 aromatic rings. The molecular formula is C58H84F4I2O10S2.